The number of pyridine rings is 1. The molecule has 2 aliphatic heterocycles. The standard InChI is InChI=1S/C30H32F2N4O3/c1-20-9-10-24(29(37)36-17-15-34(16-18-36)22-5-3-6-23(19-22)39-2)28(33-20)21-11-13-35(14-12-21)30(38)27-25(31)7-4-8-26(27)32/h3-10,19,21H,11-18H2,1-2H3. The molecule has 204 valence electrons. The number of carbonyl (C=O) groups excluding carboxylic acids is 2. The minimum atomic E-state index is -0.859. The van der Waals surface area contributed by atoms with Gasteiger partial charge in [-0.3, -0.25) is 14.6 Å². The Morgan fingerprint density at radius 1 is 0.846 bits per heavy atom. The van der Waals surface area contributed by atoms with E-state index in [2.05, 4.69) is 4.90 Å². The maximum Gasteiger partial charge on any atom is 0.259 e. The summed E-state index contributed by atoms with van der Waals surface area (Å²) >= 11 is 0. The SMILES string of the molecule is COc1cccc(N2CCN(C(=O)c3ccc(C)nc3C3CCN(C(=O)c4c(F)cccc4F)CC3)CC2)c1. The summed E-state index contributed by atoms with van der Waals surface area (Å²) in [6.07, 6.45) is 1.12. The van der Waals surface area contributed by atoms with E-state index in [0.717, 1.165) is 35.0 Å². The molecular formula is C30H32F2N4O3. The molecule has 2 saturated heterocycles. The number of aryl methyl sites for hydroxylation is 1. The average Bonchev–Trinajstić information content (AvgIpc) is 2.97. The van der Waals surface area contributed by atoms with Crippen molar-refractivity contribution in [1.82, 2.24) is 14.8 Å². The number of methoxy groups -OCH3 is 1. The van der Waals surface area contributed by atoms with Crippen LogP contribution in [0.4, 0.5) is 14.5 Å². The predicted octanol–water partition coefficient (Wildman–Crippen LogP) is 4.66. The summed E-state index contributed by atoms with van der Waals surface area (Å²) in [7, 11) is 1.65. The van der Waals surface area contributed by atoms with Crippen molar-refractivity contribution in [2.45, 2.75) is 25.7 Å². The number of amides is 2. The Morgan fingerprint density at radius 3 is 2.15 bits per heavy atom. The molecule has 2 fully saturated rings. The van der Waals surface area contributed by atoms with Crippen molar-refractivity contribution in [1.29, 1.82) is 0 Å². The molecule has 2 aliphatic rings. The lowest BCUT2D eigenvalue weighted by atomic mass is 9.89. The second-order valence-electron chi connectivity index (χ2n) is 10.0. The molecule has 0 aliphatic carbocycles. The van der Waals surface area contributed by atoms with Gasteiger partial charge in [0.1, 0.15) is 22.9 Å². The number of piperazine rings is 1. The van der Waals surface area contributed by atoms with Gasteiger partial charge in [-0.05, 0) is 56.2 Å². The van der Waals surface area contributed by atoms with E-state index in [0.29, 0.717) is 57.7 Å². The molecule has 3 aromatic rings. The number of benzene rings is 2. The number of piperidine rings is 1. The molecule has 1 aromatic heterocycles. The number of hydrogen-bond donors (Lipinski definition) is 0. The number of ether oxygens (including phenoxy) is 1. The fraction of sp³-hybridized carbons (Fsp3) is 0.367. The molecular weight excluding hydrogens is 502 g/mol. The first-order valence-electron chi connectivity index (χ1n) is 13.2. The van der Waals surface area contributed by atoms with E-state index in [1.54, 1.807) is 7.11 Å². The van der Waals surface area contributed by atoms with Crippen LogP contribution in [0.1, 0.15) is 50.9 Å². The zero-order chi connectivity index (χ0) is 27.5. The topological polar surface area (TPSA) is 66.0 Å². The quantitative estimate of drug-likeness (QED) is 0.477. The van der Waals surface area contributed by atoms with Crippen molar-refractivity contribution in [3.8, 4) is 5.75 Å². The summed E-state index contributed by atoms with van der Waals surface area (Å²) in [5.41, 5.74) is 2.68. The second-order valence-corrected chi connectivity index (χ2v) is 10.0. The summed E-state index contributed by atoms with van der Waals surface area (Å²) in [4.78, 5) is 36.8. The van der Waals surface area contributed by atoms with E-state index in [1.165, 1.54) is 11.0 Å². The Morgan fingerprint density at radius 2 is 1.49 bits per heavy atom. The average molecular weight is 535 g/mol. The van der Waals surface area contributed by atoms with Crippen LogP contribution in [0.25, 0.3) is 0 Å². The Bertz CT molecular complexity index is 1350. The molecule has 2 aromatic carbocycles. The lowest BCUT2D eigenvalue weighted by molar-refractivity contribution is 0.0693. The van der Waals surface area contributed by atoms with Crippen molar-refractivity contribution < 1.29 is 23.1 Å². The fourth-order valence-electron chi connectivity index (χ4n) is 5.43. The van der Waals surface area contributed by atoms with Gasteiger partial charge >= 0.3 is 0 Å². The monoisotopic (exact) mass is 534 g/mol. The number of hydrogen-bond acceptors (Lipinski definition) is 5. The van der Waals surface area contributed by atoms with Gasteiger partial charge in [-0.1, -0.05) is 12.1 Å². The molecule has 7 nitrogen and oxygen atoms in total. The maximum absolute atomic E-state index is 14.2. The molecule has 0 unspecified atom stereocenters. The predicted molar refractivity (Wildman–Crippen MR) is 144 cm³/mol. The van der Waals surface area contributed by atoms with E-state index in [9.17, 15) is 18.4 Å². The van der Waals surface area contributed by atoms with E-state index in [-0.39, 0.29) is 11.8 Å². The van der Waals surface area contributed by atoms with Gasteiger partial charge in [0.15, 0.2) is 0 Å². The van der Waals surface area contributed by atoms with Crippen molar-refractivity contribution in [2.24, 2.45) is 0 Å². The summed E-state index contributed by atoms with van der Waals surface area (Å²) in [6, 6.07) is 15.0. The van der Waals surface area contributed by atoms with Crippen LogP contribution in [0.15, 0.2) is 54.6 Å². The molecule has 0 bridgehead atoms. The lowest BCUT2D eigenvalue weighted by Gasteiger charge is -2.37. The molecule has 0 N–H and O–H groups in total. The number of likely N-dealkylation sites (tertiary alicyclic amines) is 1. The zero-order valence-electron chi connectivity index (χ0n) is 22.2. The molecule has 0 saturated carbocycles. The fourth-order valence-corrected chi connectivity index (χ4v) is 5.43. The lowest BCUT2D eigenvalue weighted by Crippen LogP contribution is -2.49. The van der Waals surface area contributed by atoms with Crippen LogP contribution in [0, 0.1) is 18.6 Å². The van der Waals surface area contributed by atoms with Gasteiger partial charge in [0, 0.05) is 62.6 Å². The van der Waals surface area contributed by atoms with Crippen molar-refractivity contribution in [2.75, 3.05) is 51.3 Å². The van der Waals surface area contributed by atoms with E-state index in [4.69, 9.17) is 9.72 Å². The number of halogens is 2. The zero-order valence-corrected chi connectivity index (χ0v) is 22.2. The van der Waals surface area contributed by atoms with E-state index < -0.39 is 23.1 Å². The summed E-state index contributed by atoms with van der Waals surface area (Å²) in [5.74, 6) is -1.64. The third-order valence-corrected chi connectivity index (χ3v) is 7.63. The minimum absolute atomic E-state index is 0.0311. The van der Waals surface area contributed by atoms with E-state index in [1.807, 2.05) is 48.2 Å². The molecule has 9 heteroatoms. The number of nitrogens with zero attached hydrogens (tertiary/aromatic N) is 4. The van der Waals surface area contributed by atoms with Crippen LogP contribution in [-0.2, 0) is 0 Å². The third-order valence-electron chi connectivity index (χ3n) is 7.63. The molecule has 39 heavy (non-hydrogen) atoms. The van der Waals surface area contributed by atoms with Gasteiger partial charge in [0.2, 0.25) is 0 Å². The Labute approximate surface area is 227 Å². The van der Waals surface area contributed by atoms with Crippen LogP contribution in [0.3, 0.4) is 0 Å². The van der Waals surface area contributed by atoms with E-state index >= 15 is 0 Å². The first kappa shape index (κ1) is 26.6. The minimum Gasteiger partial charge on any atom is -0.497 e. The Kier molecular flexibility index (Phi) is 7.77. The summed E-state index contributed by atoms with van der Waals surface area (Å²) in [5, 5.41) is 0. The van der Waals surface area contributed by atoms with Gasteiger partial charge in [-0.25, -0.2) is 8.78 Å². The van der Waals surface area contributed by atoms with Crippen molar-refractivity contribution in [3.63, 3.8) is 0 Å². The molecule has 3 heterocycles. The van der Waals surface area contributed by atoms with Gasteiger partial charge in [-0.2, -0.15) is 0 Å². The normalized spacial score (nSPS) is 16.4. The van der Waals surface area contributed by atoms with Crippen LogP contribution in [0.2, 0.25) is 0 Å². The van der Waals surface area contributed by atoms with Gasteiger partial charge in [0.05, 0.1) is 18.4 Å². The van der Waals surface area contributed by atoms with Crippen LogP contribution in [-0.4, -0.2) is 73.0 Å². The number of aromatic nitrogens is 1. The first-order valence-corrected chi connectivity index (χ1v) is 13.2. The second kappa shape index (κ2) is 11.4. The molecule has 5 rings (SSSR count). The highest BCUT2D eigenvalue weighted by atomic mass is 19.1. The maximum atomic E-state index is 14.2. The largest absolute Gasteiger partial charge is 0.497 e. The smallest absolute Gasteiger partial charge is 0.259 e. The van der Waals surface area contributed by atoms with Crippen LogP contribution in [0.5, 0.6) is 5.75 Å². The third kappa shape index (κ3) is 5.57. The highest BCUT2D eigenvalue weighted by Gasteiger charge is 2.32. The Balaban J connectivity index is 1.26. The van der Waals surface area contributed by atoms with Gasteiger partial charge in [-0.15, -0.1) is 0 Å². The molecule has 0 atom stereocenters. The highest BCUT2D eigenvalue weighted by Crippen LogP contribution is 2.31. The molecule has 2 amide bonds. The number of rotatable bonds is 5. The Hall–Kier alpha value is -4.01. The van der Waals surface area contributed by atoms with Crippen LogP contribution < -0.4 is 9.64 Å². The van der Waals surface area contributed by atoms with Crippen LogP contribution >= 0.6 is 0 Å². The highest BCUT2D eigenvalue weighted by molar-refractivity contribution is 5.96. The van der Waals surface area contributed by atoms with Crippen molar-refractivity contribution in [3.05, 3.63) is 88.7 Å². The van der Waals surface area contributed by atoms with Gasteiger partial charge in [0.25, 0.3) is 11.8 Å². The van der Waals surface area contributed by atoms with Gasteiger partial charge < -0.3 is 19.4 Å². The number of anilines is 1. The summed E-state index contributed by atoms with van der Waals surface area (Å²) < 4.78 is 33.7. The number of carbonyl (C=O) groups is 2. The molecule has 0 radical (unpaired) electrons. The summed E-state index contributed by atoms with van der Waals surface area (Å²) in [6.45, 7) is 5.15. The first-order chi connectivity index (χ1) is 18.9. The molecule has 0 spiro atoms. The van der Waals surface area contributed by atoms with Crippen molar-refractivity contribution >= 4 is 17.5 Å².